The van der Waals surface area contributed by atoms with E-state index in [1.807, 2.05) is 29.2 Å². The summed E-state index contributed by atoms with van der Waals surface area (Å²) in [6.45, 7) is 4.80. The van der Waals surface area contributed by atoms with Gasteiger partial charge in [0.25, 0.3) is 0 Å². The number of aromatic nitrogens is 1. The zero-order chi connectivity index (χ0) is 20.9. The zero-order valence-electron chi connectivity index (χ0n) is 17.5. The number of nitrogens with zero attached hydrogens (tertiary/aromatic N) is 3. The number of ether oxygens (including phenoxy) is 3. The van der Waals surface area contributed by atoms with Gasteiger partial charge in [-0.3, -0.25) is 0 Å². The number of methoxy groups -OCH3 is 2. The molecular weight excluding hydrogens is 384 g/mol. The van der Waals surface area contributed by atoms with E-state index in [4.69, 9.17) is 14.2 Å². The first kappa shape index (κ1) is 20.3. The number of carbonyl (C=O) groups excluding carboxylic acids is 1. The Bertz CT molecular complexity index is 899. The maximum Gasteiger partial charge on any atom is 0.317 e. The summed E-state index contributed by atoms with van der Waals surface area (Å²) in [5, 5.41) is 3.04. The van der Waals surface area contributed by atoms with E-state index in [0.717, 1.165) is 55.4 Å². The van der Waals surface area contributed by atoms with Gasteiger partial charge in [0.05, 0.1) is 27.4 Å². The summed E-state index contributed by atoms with van der Waals surface area (Å²) in [4.78, 5) is 21.3. The summed E-state index contributed by atoms with van der Waals surface area (Å²) in [5.41, 5.74) is 3.32. The Balaban J connectivity index is 1.37. The number of hydrogen-bond donors (Lipinski definition) is 1. The quantitative estimate of drug-likeness (QED) is 0.812. The molecule has 2 aromatic rings. The summed E-state index contributed by atoms with van der Waals surface area (Å²) in [5.74, 6) is 2.34. The average Bonchev–Trinajstić information content (AvgIpc) is 2.82. The van der Waals surface area contributed by atoms with Crippen molar-refractivity contribution in [3.63, 3.8) is 0 Å². The van der Waals surface area contributed by atoms with Crippen molar-refractivity contribution >= 4 is 11.8 Å². The molecular formula is C22H28N4O4. The van der Waals surface area contributed by atoms with Gasteiger partial charge in [0.1, 0.15) is 5.82 Å². The maximum absolute atomic E-state index is 12.8. The summed E-state index contributed by atoms with van der Waals surface area (Å²) in [7, 11) is 3.26. The molecule has 1 N–H and O–H groups in total. The molecule has 1 aromatic carbocycles. The molecule has 8 heteroatoms. The van der Waals surface area contributed by atoms with Gasteiger partial charge < -0.3 is 29.3 Å². The van der Waals surface area contributed by atoms with Crippen LogP contribution in [-0.2, 0) is 24.2 Å². The van der Waals surface area contributed by atoms with Crippen LogP contribution in [0.5, 0.6) is 11.5 Å². The number of urea groups is 1. The Hall–Kier alpha value is -3.00. The topological polar surface area (TPSA) is 76.2 Å². The second kappa shape index (κ2) is 9.21. The smallest absolute Gasteiger partial charge is 0.317 e. The van der Waals surface area contributed by atoms with Crippen LogP contribution in [0.2, 0.25) is 0 Å². The van der Waals surface area contributed by atoms with Gasteiger partial charge in [-0.1, -0.05) is 0 Å². The van der Waals surface area contributed by atoms with Gasteiger partial charge in [0.2, 0.25) is 0 Å². The van der Waals surface area contributed by atoms with Crippen LogP contribution in [0, 0.1) is 0 Å². The molecule has 0 saturated carbocycles. The second-order valence-corrected chi connectivity index (χ2v) is 7.43. The third-order valence-electron chi connectivity index (χ3n) is 5.59. The van der Waals surface area contributed by atoms with E-state index >= 15 is 0 Å². The molecule has 1 fully saturated rings. The predicted molar refractivity (Wildman–Crippen MR) is 113 cm³/mol. The lowest BCUT2D eigenvalue weighted by Crippen LogP contribution is -2.42. The molecule has 3 heterocycles. The highest BCUT2D eigenvalue weighted by atomic mass is 16.5. The standard InChI is InChI=1S/C22H28N4O4/c1-28-19-12-17-4-6-26(15-18(17)13-20(19)29-2)22(27)24-14-16-3-5-23-21(11-16)25-7-9-30-10-8-25/h3,5,11-13H,4,6-10,14-15H2,1-2H3,(H,24,27). The Labute approximate surface area is 176 Å². The average molecular weight is 412 g/mol. The van der Waals surface area contributed by atoms with Gasteiger partial charge in [-0.15, -0.1) is 0 Å². The molecule has 160 valence electrons. The lowest BCUT2D eigenvalue weighted by Gasteiger charge is -2.30. The molecule has 0 aliphatic carbocycles. The summed E-state index contributed by atoms with van der Waals surface area (Å²) in [6, 6.07) is 7.87. The summed E-state index contributed by atoms with van der Waals surface area (Å²) >= 11 is 0. The fourth-order valence-electron chi connectivity index (χ4n) is 3.88. The number of fused-ring (bicyclic) bond motifs is 1. The second-order valence-electron chi connectivity index (χ2n) is 7.43. The first-order valence-corrected chi connectivity index (χ1v) is 10.2. The molecule has 2 aliphatic heterocycles. The molecule has 4 rings (SSSR count). The number of morpholine rings is 1. The van der Waals surface area contributed by atoms with Gasteiger partial charge in [0, 0.05) is 38.9 Å². The van der Waals surface area contributed by atoms with E-state index in [-0.39, 0.29) is 6.03 Å². The summed E-state index contributed by atoms with van der Waals surface area (Å²) < 4.78 is 16.2. The molecule has 0 unspecified atom stereocenters. The van der Waals surface area contributed by atoms with Crippen LogP contribution in [-0.4, -0.2) is 63.0 Å². The molecule has 1 saturated heterocycles. The highest BCUT2D eigenvalue weighted by Crippen LogP contribution is 2.33. The molecule has 0 bridgehead atoms. The lowest BCUT2D eigenvalue weighted by atomic mass is 9.99. The van der Waals surface area contributed by atoms with Crippen LogP contribution in [0.15, 0.2) is 30.5 Å². The number of pyridine rings is 1. The number of carbonyl (C=O) groups is 1. The molecule has 0 spiro atoms. The van der Waals surface area contributed by atoms with Crippen molar-refractivity contribution in [2.24, 2.45) is 0 Å². The zero-order valence-corrected chi connectivity index (χ0v) is 17.5. The van der Waals surface area contributed by atoms with Crippen LogP contribution in [0.4, 0.5) is 10.6 Å². The maximum atomic E-state index is 12.8. The highest BCUT2D eigenvalue weighted by molar-refractivity contribution is 5.74. The Morgan fingerprint density at radius 1 is 1.10 bits per heavy atom. The fraction of sp³-hybridized carbons (Fsp3) is 0.455. The minimum Gasteiger partial charge on any atom is -0.493 e. The normalized spacial score (nSPS) is 16.1. The van der Waals surface area contributed by atoms with Gasteiger partial charge >= 0.3 is 6.03 Å². The van der Waals surface area contributed by atoms with E-state index in [2.05, 4.69) is 15.2 Å². The van der Waals surface area contributed by atoms with Crippen molar-refractivity contribution in [1.29, 1.82) is 0 Å². The summed E-state index contributed by atoms with van der Waals surface area (Å²) in [6.07, 6.45) is 2.59. The van der Waals surface area contributed by atoms with Crippen LogP contribution in [0.25, 0.3) is 0 Å². The minimum atomic E-state index is -0.0693. The van der Waals surface area contributed by atoms with Gasteiger partial charge in [-0.2, -0.15) is 0 Å². The Kier molecular flexibility index (Phi) is 6.23. The van der Waals surface area contributed by atoms with Crippen LogP contribution in [0.1, 0.15) is 16.7 Å². The van der Waals surface area contributed by atoms with Crippen molar-refractivity contribution in [1.82, 2.24) is 15.2 Å². The lowest BCUT2D eigenvalue weighted by molar-refractivity contribution is 0.122. The number of amides is 2. The van der Waals surface area contributed by atoms with Crippen molar-refractivity contribution in [3.8, 4) is 11.5 Å². The monoisotopic (exact) mass is 412 g/mol. The first-order chi connectivity index (χ1) is 14.7. The Morgan fingerprint density at radius 3 is 2.57 bits per heavy atom. The minimum absolute atomic E-state index is 0.0693. The number of nitrogens with one attached hydrogen (secondary N) is 1. The van der Waals surface area contributed by atoms with Gasteiger partial charge in [-0.05, 0) is 47.4 Å². The highest BCUT2D eigenvalue weighted by Gasteiger charge is 2.23. The largest absolute Gasteiger partial charge is 0.493 e. The Morgan fingerprint density at radius 2 is 1.83 bits per heavy atom. The van der Waals surface area contributed by atoms with E-state index in [1.165, 1.54) is 5.56 Å². The van der Waals surface area contributed by atoms with Crippen LogP contribution in [0.3, 0.4) is 0 Å². The fourth-order valence-corrected chi connectivity index (χ4v) is 3.88. The van der Waals surface area contributed by atoms with E-state index in [9.17, 15) is 4.79 Å². The molecule has 30 heavy (non-hydrogen) atoms. The molecule has 2 amide bonds. The molecule has 0 atom stereocenters. The van der Waals surface area contributed by atoms with E-state index in [0.29, 0.717) is 25.4 Å². The number of anilines is 1. The number of rotatable bonds is 5. The van der Waals surface area contributed by atoms with Crippen LogP contribution < -0.4 is 19.7 Å². The third kappa shape index (κ3) is 4.43. The van der Waals surface area contributed by atoms with E-state index < -0.39 is 0 Å². The number of hydrogen-bond acceptors (Lipinski definition) is 6. The van der Waals surface area contributed by atoms with Gasteiger partial charge in [0.15, 0.2) is 11.5 Å². The predicted octanol–water partition coefficient (Wildman–Crippen LogP) is 2.20. The van der Waals surface area contributed by atoms with Gasteiger partial charge in [-0.25, -0.2) is 9.78 Å². The van der Waals surface area contributed by atoms with Crippen molar-refractivity contribution in [3.05, 3.63) is 47.2 Å². The molecule has 2 aliphatic rings. The number of benzene rings is 1. The molecule has 1 aromatic heterocycles. The van der Waals surface area contributed by atoms with Crippen LogP contribution >= 0.6 is 0 Å². The SMILES string of the molecule is COc1cc2c(cc1OC)CN(C(=O)NCc1ccnc(N3CCOCC3)c1)CC2. The van der Waals surface area contributed by atoms with Crippen molar-refractivity contribution < 1.29 is 19.0 Å². The molecule has 0 radical (unpaired) electrons. The van der Waals surface area contributed by atoms with E-state index in [1.54, 1.807) is 20.4 Å². The first-order valence-electron chi connectivity index (χ1n) is 10.2. The van der Waals surface area contributed by atoms with Crippen molar-refractivity contribution in [2.75, 3.05) is 52.0 Å². The van der Waals surface area contributed by atoms with Crippen molar-refractivity contribution in [2.45, 2.75) is 19.5 Å². The molecule has 8 nitrogen and oxygen atoms in total. The third-order valence-corrected chi connectivity index (χ3v) is 5.59.